The van der Waals surface area contributed by atoms with Crippen LogP contribution in [0.2, 0.25) is 0 Å². The molecule has 1 aromatic carbocycles. The largest absolute Gasteiger partial charge is 0.341 e. The first kappa shape index (κ1) is 12.4. The Balaban J connectivity index is 1.85. The van der Waals surface area contributed by atoms with E-state index < -0.39 is 6.03 Å². The van der Waals surface area contributed by atoms with Crippen LogP contribution in [-0.2, 0) is 0 Å². The summed E-state index contributed by atoms with van der Waals surface area (Å²) < 4.78 is 0.498. The molecule has 2 aromatic rings. The van der Waals surface area contributed by atoms with Crippen LogP contribution < -0.4 is 10.7 Å². The number of carbonyl (C=O) groups excluding carboxylic acids is 1. The van der Waals surface area contributed by atoms with Gasteiger partial charge in [-0.25, -0.2) is 10.2 Å². The van der Waals surface area contributed by atoms with E-state index in [0.29, 0.717) is 9.09 Å². The molecule has 0 unspecified atom stereocenters. The topological polar surface area (TPSA) is 82.2 Å². The molecular weight excluding hydrogens is 270 g/mol. The highest BCUT2D eigenvalue weighted by molar-refractivity contribution is 7.73. The maximum absolute atomic E-state index is 11.4. The molecule has 18 heavy (non-hydrogen) atoms. The standard InChI is InChI=1S/C10H9N5OS2/c16-8(12-9-14-15-10(17)18-9)13-11-6-7-4-2-1-3-5-7/h1-6H,(H,15,17)(H2,12,13,14,16)/b11-6+. The van der Waals surface area contributed by atoms with Crippen molar-refractivity contribution < 1.29 is 4.79 Å². The lowest BCUT2D eigenvalue weighted by atomic mass is 10.2. The molecule has 0 aliphatic heterocycles. The molecule has 0 saturated heterocycles. The number of nitrogens with zero attached hydrogens (tertiary/aromatic N) is 2. The van der Waals surface area contributed by atoms with Crippen LogP contribution in [0.4, 0.5) is 9.93 Å². The van der Waals surface area contributed by atoms with Gasteiger partial charge >= 0.3 is 6.03 Å². The summed E-state index contributed by atoms with van der Waals surface area (Å²) in [7, 11) is 0. The number of anilines is 1. The molecule has 2 rings (SSSR count). The Morgan fingerprint density at radius 3 is 2.89 bits per heavy atom. The first-order valence-corrected chi connectivity index (χ1v) is 6.17. The van der Waals surface area contributed by atoms with Gasteiger partial charge in [0.15, 0.2) is 3.95 Å². The number of hydrazone groups is 1. The molecule has 1 heterocycles. The van der Waals surface area contributed by atoms with Crippen molar-refractivity contribution in [2.24, 2.45) is 5.10 Å². The van der Waals surface area contributed by atoms with Crippen LogP contribution in [0.3, 0.4) is 0 Å². The molecule has 1 aromatic heterocycles. The maximum atomic E-state index is 11.4. The van der Waals surface area contributed by atoms with Gasteiger partial charge in [-0.15, -0.1) is 5.10 Å². The molecule has 0 aliphatic rings. The highest BCUT2D eigenvalue weighted by Gasteiger charge is 2.02. The van der Waals surface area contributed by atoms with Crippen molar-refractivity contribution in [1.82, 2.24) is 15.6 Å². The van der Waals surface area contributed by atoms with Crippen LogP contribution in [-0.4, -0.2) is 22.4 Å². The van der Waals surface area contributed by atoms with Gasteiger partial charge in [-0.3, -0.25) is 10.4 Å². The van der Waals surface area contributed by atoms with Gasteiger partial charge in [0.1, 0.15) is 0 Å². The minimum Gasteiger partial charge on any atom is -0.281 e. The van der Waals surface area contributed by atoms with E-state index in [1.807, 2.05) is 30.3 Å². The van der Waals surface area contributed by atoms with E-state index in [2.05, 4.69) is 26.0 Å². The minimum absolute atomic E-state index is 0.396. The molecule has 0 bridgehead atoms. The average Bonchev–Trinajstić information content (AvgIpc) is 2.76. The van der Waals surface area contributed by atoms with E-state index >= 15 is 0 Å². The van der Waals surface area contributed by atoms with Crippen LogP contribution in [0.1, 0.15) is 5.56 Å². The summed E-state index contributed by atoms with van der Waals surface area (Å²) in [5.74, 6) is 0. The van der Waals surface area contributed by atoms with Crippen LogP contribution in [0.15, 0.2) is 35.4 Å². The summed E-state index contributed by atoms with van der Waals surface area (Å²) in [5, 5.41) is 13.0. The number of benzene rings is 1. The van der Waals surface area contributed by atoms with E-state index in [9.17, 15) is 4.79 Å². The molecule has 2 amide bonds. The van der Waals surface area contributed by atoms with Crippen LogP contribution in [0.25, 0.3) is 0 Å². The van der Waals surface area contributed by atoms with Gasteiger partial charge in [-0.05, 0) is 17.8 Å². The van der Waals surface area contributed by atoms with Crippen molar-refractivity contribution in [1.29, 1.82) is 0 Å². The van der Waals surface area contributed by atoms with E-state index in [-0.39, 0.29) is 0 Å². The third-order valence-electron chi connectivity index (χ3n) is 1.84. The van der Waals surface area contributed by atoms with Gasteiger partial charge in [0.05, 0.1) is 6.21 Å². The summed E-state index contributed by atoms with van der Waals surface area (Å²) in [6.07, 6.45) is 1.55. The lowest BCUT2D eigenvalue weighted by Crippen LogP contribution is -2.24. The summed E-state index contributed by atoms with van der Waals surface area (Å²) >= 11 is 6.01. The Hall–Kier alpha value is -2.06. The quantitative estimate of drug-likeness (QED) is 0.458. The fourth-order valence-electron chi connectivity index (χ4n) is 1.11. The summed E-state index contributed by atoms with van der Waals surface area (Å²) in [6, 6.07) is 8.96. The normalized spacial score (nSPS) is 10.4. The number of aromatic amines is 1. The Morgan fingerprint density at radius 2 is 2.22 bits per heavy atom. The maximum Gasteiger partial charge on any atom is 0.341 e. The molecule has 0 atom stereocenters. The lowest BCUT2D eigenvalue weighted by Gasteiger charge is -1.98. The first-order valence-electron chi connectivity index (χ1n) is 4.94. The number of aromatic nitrogens is 2. The first-order chi connectivity index (χ1) is 8.74. The predicted molar refractivity (Wildman–Crippen MR) is 73.5 cm³/mol. The predicted octanol–water partition coefficient (Wildman–Crippen LogP) is 2.36. The second-order valence-corrected chi connectivity index (χ2v) is 4.82. The van der Waals surface area contributed by atoms with Gasteiger partial charge in [0.25, 0.3) is 0 Å². The van der Waals surface area contributed by atoms with Crippen LogP contribution in [0.5, 0.6) is 0 Å². The number of carbonyl (C=O) groups is 1. The van der Waals surface area contributed by atoms with Crippen molar-refractivity contribution in [3.63, 3.8) is 0 Å². The number of H-pyrrole nitrogens is 1. The van der Waals surface area contributed by atoms with Gasteiger partial charge in [0.2, 0.25) is 5.13 Å². The molecular formula is C10H9N5OS2. The summed E-state index contributed by atoms with van der Waals surface area (Å²) in [5.41, 5.74) is 3.22. The molecule has 3 N–H and O–H groups in total. The zero-order chi connectivity index (χ0) is 12.8. The average molecular weight is 279 g/mol. The van der Waals surface area contributed by atoms with Crippen LogP contribution >= 0.6 is 23.6 Å². The monoisotopic (exact) mass is 279 g/mol. The molecule has 6 nitrogen and oxygen atoms in total. The summed E-state index contributed by atoms with van der Waals surface area (Å²) in [4.78, 5) is 11.4. The molecule has 92 valence electrons. The second kappa shape index (κ2) is 6.03. The molecule has 0 aliphatic carbocycles. The smallest absolute Gasteiger partial charge is 0.281 e. The van der Waals surface area contributed by atoms with E-state index in [4.69, 9.17) is 12.2 Å². The number of hydrogen-bond donors (Lipinski definition) is 3. The van der Waals surface area contributed by atoms with Crippen molar-refractivity contribution >= 4 is 40.9 Å². The van der Waals surface area contributed by atoms with Gasteiger partial charge < -0.3 is 0 Å². The van der Waals surface area contributed by atoms with Crippen molar-refractivity contribution in [3.05, 3.63) is 39.8 Å². The fraction of sp³-hybridized carbons (Fsp3) is 0. The number of urea groups is 1. The third kappa shape index (κ3) is 3.75. The Labute approximate surface area is 112 Å². The molecule has 8 heteroatoms. The third-order valence-corrected chi connectivity index (χ3v) is 2.84. The number of hydrogen-bond acceptors (Lipinski definition) is 5. The molecule has 0 saturated carbocycles. The van der Waals surface area contributed by atoms with Gasteiger partial charge in [0, 0.05) is 0 Å². The number of nitrogens with one attached hydrogen (secondary N) is 3. The Kier molecular flexibility index (Phi) is 4.15. The van der Waals surface area contributed by atoms with Crippen LogP contribution in [0, 0.1) is 3.95 Å². The SMILES string of the molecule is O=C(N/N=C/c1ccccc1)Nc1n[nH]c(=S)s1. The molecule has 0 spiro atoms. The highest BCUT2D eigenvalue weighted by Crippen LogP contribution is 2.09. The number of amides is 2. The van der Waals surface area contributed by atoms with Crippen molar-refractivity contribution in [2.75, 3.05) is 5.32 Å². The van der Waals surface area contributed by atoms with Crippen molar-refractivity contribution in [3.8, 4) is 0 Å². The van der Waals surface area contributed by atoms with E-state index in [1.54, 1.807) is 6.21 Å². The van der Waals surface area contributed by atoms with E-state index in [1.165, 1.54) is 11.3 Å². The Morgan fingerprint density at radius 1 is 1.44 bits per heavy atom. The highest BCUT2D eigenvalue weighted by atomic mass is 32.1. The van der Waals surface area contributed by atoms with Crippen molar-refractivity contribution in [2.45, 2.75) is 0 Å². The zero-order valence-corrected chi connectivity index (χ0v) is 10.7. The van der Waals surface area contributed by atoms with Gasteiger partial charge in [-0.1, -0.05) is 41.7 Å². The Bertz CT molecular complexity index is 604. The van der Waals surface area contributed by atoms with Gasteiger partial charge in [-0.2, -0.15) is 5.10 Å². The van der Waals surface area contributed by atoms with E-state index in [0.717, 1.165) is 5.56 Å². The number of rotatable bonds is 3. The zero-order valence-electron chi connectivity index (χ0n) is 9.08. The minimum atomic E-state index is -0.472. The molecule has 0 radical (unpaired) electrons. The second-order valence-electron chi connectivity index (χ2n) is 3.15. The summed E-state index contributed by atoms with van der Waals surface area (Å²) in [6.45, 7) is 0. The lowest BCUT2D eigenvalue weighted by molar-refractivity contribution is 0.252. The fourth-order valence-corrected chi connectivity index (χ4v) is 1.90. The molecule has 0 fully saturated rings.